The van der Waals surface area contributed by atoms with Gasteiger partial charge in [0.05, 0.1) is 17.8 Å². The van der Waals surface area contributed by atoms with Gasteiger partial charge in [0, 0.05) is 24.3 Å². The van der Waals surface area contributed by atoms with Crippen LogP contribution in [0, 0.1) is 0 Å². The van der Waals surface area contributed by atoms with E-state index in [1.807, 2.05) is 0 Å². The summed E-state index contributed by atoms with van der Waals surface area (Å²) >= 11 is 0. The lowest BCUT2D eigenvalue weighted by Crippen LogP contribution is -2.40. The molecule has 7 nitrogen and oxygen atoms in total. The van der Waals surface area contributed by atoms with Crippen LogP contribution in [0.3, 0.4) is 0 Å². The van der Waals surface area contributed by atoms with Crippen molar-refractivity contribution in [3.8, 4) is 0 Å². The zero-order valence-electron chi connectivity index (χ0n) is 16.5. The highest BCUT2D eigenvalue weighted by Crippen LogP contribution is 2.36. The second-order valence-corrected chi connectivity index (χ2v) is 6.97. The molecule has 10 heteroatoms. The van der Waals surface area contributed by atoms with E-state index in [4.69, 9.17) is 0 Å². The van der Waals surface area contributed by atoms with Gasteiger partial charge in [0.25, 0.3) is 5.91 Å². The van der Waals surface area contributed by atoms with E-state index in [1.54, 1.807) is 23.1 Å². The number of nitrogens with zero attached hydrogens (tertiary/aromatic N) is 1. The van der Waals surface area contributed by atoms with E-state index in [0.29, 0.717) is 18.7 Å². The van der Waals surface area contributed by atoms with Crippen molar-refractivity contribution < 1.29 is 27.6 Å². The first-order valence-corrected chi connectivity index (χ1v) is 9.64. The summed E-state index contributed by atoms with van der Waals surface area (Å²) in [5.41, 5.74) is -1.40. The van der Waals surface area contributed by atoms with Gasteiger partial charge in [-0.05, 0) is 43.2 Å². The van der Waals surface area contributed by atoms with E-state index in [0.717, 1.165) is 25.0 Å². The van der Waals surface area contributed by atoms with Crippen LogP contribution in [0.25, 0.3) is 0 Å². The number of alkyl halides is 3. The minimum absolute atomic E-state index is 0.0728. The van der Waals surface area contributed by atoms with Crippen LogP contribution in [0.1, 0.15) is 28.8 Å². The Labute approximate surface area is 176 Å². The van der Waals surface area contributed by atoms with Crippen molar-refractivity contribution >= 4 is 29.2 Å². The van der Waals surface area contributed by atoms with Crippen molar-refractivity contribution in [2.24, 2.45) is 0 Å². The molecular weight excluding hydrogens is 413 g/mol. The minimum atomic E-state index is -4.78. The number of amides is 4. The topological polar surface area (TPSA) is 90.5 Å². The van der Waals surface area contributed by atoms with Crippen molar-refractivity contribution in [1.29, 1.82) is 0 Å². The van der Waals surface area contributed by atoms with Gasteiger partial charge in [-0.2, -0.15) is 13.2 Å². The number of urea groups is 1. The average Bonchev–Trinajstić information content (AvgIpc) is 3.28. The molecule has 1 aliphatic rings. The molecule has 0 saturated carbocycles. The van der Waals surface area contributed by atoms with E-state index in [-0.39, 0.29) is 18.1 Å². The van der Waals surface area contributed by atoms with Gasteiger partial charge in [0.2, 0.25) is 5.91 Å². The normalized spacial score (nSPS) is 13.6. The fourth-order valence-electron chi connectivity index (χ4n) is 3.16. The zero-order valence-corrected chi connectivity index (χ0v) is 16.5. The maximum Gasteiger partial charge on any atom is 0.418 e. The number of hydrogen-bond acceptors (Lipinski definition) is 3. The van der Waals surface area contributed by atoms with Crippen LogP contribution in [0.5, 0.6) is 0 Å². The Bertz CT molecular complexity index is 958. The van der Waals surface area contributed by atoms with Crippen LogP contribution >= 0.6 is 0 Å². The van der Waals surface area contributed by atoms with E-state index in [9.17, 15) is 27.6 Å². The lowest BCUT2D eigenvalue weighted by molar-refractivity contribution is -0.137. The molecule has 2 aromatic rings. The fourth-order valence-corrected chi connectivity index (χ4v) is 3.16. The second-order valence-electron chi connectivity index (χ2n) is 6.97. The summed E-state index contributed by atoms with van der Waals surface area (Å²) in [5.74, 6) is -0.852. The second kappa shape index (κ2) is 9.50. The largest absolute Gasteiger partial charge is 0.418 e. The van der Waals surface area contributed by atoms with Crippen molar-refractivity contribution in [2.45, 2.75) is 19.0 Å². The van der Waals surface area contributed by atoms with Crippen LogP contribution in [-0.2, 0) is 11.0 Å². The quantitative estimate of drug-likeness (QED) is 0.670. The van der Waals surface area contributed by atoms with Crippen molar-refractivity contribution in [3.63, 3.8) is 0 Å². The highest BCUT2D eigenvalue weighted by Gasteiger charge is 2.34. The zero-order chi connectivity index (χ0) is 22.4. The third kappa shape index (κ3) is 5.97. The number of nitrogens with one attached hydrogen (secondary N) is 3. The van der Waals surface area contributed by atoms with E-state index in [2.05, 4.69) is 16.0 Å². The smallest absolute Gasteiger partial charge is 0.341 e. The van der Waals surface area contributed by atoms with Crippen molar-refractivity contribution in [1.82, 2.24) is 10.2 Å². The third-order valence-electron chi connectivity index (χ3n) is 4.73. The standard InChI is InChI=1S/C21H21F3N4O3/c22-21(23,24)16-12-15(26-19(30)14-6-2-1-3-7-14)8-9-17(16)27-20(31)25-13-18(29)28-10-4-5-11-28/h1-3,6-9,12H,4-5,10-11,13H2,(H,26,30)(H2,25,27,31). The summed E-state index contributed by atoms with van der Waals surface area (Å²) in [6.07, 6.45) is -3.00. The highest BCUT2D eigenvalue weighted by atomic mass is 19.4. The van der Waals surface area contributed by atoms with E-state index in [1.165, 1.54) is 18.2 Å². The third-order valence-corrected chi connectivity index (χ3v) is 4.73. The number of benzene rings is 2. The molecule has 1 fully saturated rings. The molecule has 1 heterocycles. The monoisotopic (exact) mass is 434 g/mol. The SMILES string of the molecule is O=C(NCC(=O)N1CCCC1)Nc1ccc(NC(=O)c2ccccc2)cc1C(F)(F)F. The summed E-state index contributed by atoms with van der Waals surface area (Å²) in [6.45, 7) is 0.908. The summed E-state index contributed by atoms with van der Waals surface area (Å²) in [7, 11) is 0. The van der Waals surface area contributed by atoms with Gasteiger partial charge >= 0.3 is 12.2 Å². The molecular formula is C21H21F3N4O3. The van der Waals surface area contributed by atoms with Gasteiger partial charge in [0.1, 0.15) is 0 Å². The summed E-state index contributed by atoms with van der Waals surface area (Å²) in [5, 5.41) is 6.80. The number of hydrogen-bond donors (Lipinski definition) is 3. The molecule has 0 atom stereocenters. The molecule has 0 bridgehead atoms. The molecule has 0 spiro atoms. The van der Waals surface area contributed by atoms with Gasteiger partial charge in [0.15, 0.2) is 0 Å². The number of halogens is 3. The average molecular weight is 434 g/mol. The number of carbonyl (C=O) groups excluding carboxylic acids is 3. The Morgan fingerprint density at radius 3 is 2.26 bits per heavy atom. The number of likely N-dealkylation sites (tertiary alicyclic amines) is 1. The molecule has 1 saturated heterocycles. The first kappa shape index (κ1) is 22.1. The molecule has 1 aliphatic heterocycles. The number of carbonyl (C=O) groups is 3. The van der Waals surface area contributed by atoms with Crippen molar-refractivity contribution in [3.05, 3.63) is 59.7 Å². The summed E-state index contributed by atoms with van der Waals surface area (Å²) in [4.78, 5) is 37.8. The van der Waals surface area contributed by atoms with Gasteiger partial charge in [-0.3, -0.25) is 9.59 Å². The lowest BCUT2D eigenvalue weighted by Gasteiger charge is -2.17. The summed E-state index contributed by atoms with van der Waals surface area (Å²) in [6, 6.07) is 10.2. The maximum atomic E-state index is 13.5. The Kier molecular flexibility index (Phi) is 6.78. The highest BCUT2D eigenvalue weighted by molar-refractivity contribution is 6.04. The van der Waals surface area contributed by atoms with Crippen LogP contribution in [0.15, 0.2) is 48.5 Å². The molecule has 4 amide bonds. The molecule has 0 aliphatic carbocycles. The van der Waals surface area contributed by atoms with E-state index >= 15 is 0 Å². The Morgan fingerprint density at radius 2 is 1.61 bits per heavy atom. The predicted molar refractivity (Wildman–Crippen MR) is 109 cm³/mol. The summed E-state index contributed by atoms with van der Waals surface area (Å²) < 4.78 is 40.5. The van der Waals surface area contributed by atoms with Gasteiger partial charge in [-0.1, -0.05) is 18.2 Å². The number of rotatable bonds is 5. The molecule has 164 valence electrons. The lowest BCUT2D eigenvalue weighted by atomic mass is 10.1. The molecule has 0 aromatic heterocycles. The molecule has 0 unspecified atom stereocenters. The van der Waals surface area contributed by atoms with E-state index < -0.39 is 29.4 Å². The molecule has 0 radical (unpaired) electrons. The van der Waals surface area contributed by atoms with Gasteiger partial charge < -0.3 is 20.9 Å². The molecule has 31 heavy (non-hydrogen) atoms. The Hall–Kier alpha value is -3.56. The predicted octanol–water partition coefficient (Wildman–Crippen LogP) is 3.70. The molecule has 2 aromatic carbocycles. The van der Waals surface area contributed by atoms with Crippen LogP contribution < -0.4 is 16.0 Å². The van der Waals surface area contributed by atoms with Gasteiger partial charge in [-0.15, -0.1) is 0 Å². The van der Waals surface area contributed by atoms with Gasteiger partial charge in [-0.25, -0.2) is 4.79 Å². The first-order valence-electron chi connectivity index (χ1n) is 9.64. The van der Waals surface area contributed by atoms with Crippen LogP contribution in [0.2, 0.25) is 0 Å². The maximum absolute atomic E-state index is 13.5. The fraction of sp³-hybridized carbons (Fsp3) is 0.286. The first-order chi connectivity index (χ1) is 14.7. The minimum Gasteiger partial charge on any atom is -0.341 e. The Balaban J connectivity index is 1.67. The van der Waals surface area contributed by atoms with Crippen LogP contribution in [0.4, 0.5) is 29.3 Å². The molecule has 3 rings (SSSR count). The Morgan fingerprint density at radius 1 is 0.935 bits per heavy atom. The van der Waals surface area contributed by atoms with Crippen molar-refractivity contribution in [2.75, 3.05) is 30.3 Å². The number of anilines is 2. The molecule has 3 N–H and O–H groups in total. The van der Waals surface area contributed by atoms with Crippen LogP contribution in [-0.4, -0.2) is 42.4 Å².